The highest BCUT2D eigenvalue weighted by molar-refractivity contribution is 5.99. The Morgan fingerprint density at radius 1 is 1.35 bits per heavy atom. The molecule has 0 radical (unpaired) electrons. The average molecular weight is 230 g/mol. The Morgan fingerprint density at radius 2 is 2.00 bits per heavy atom. The van der Waals surface area contributed by atoms with E-state index in [1.807, 2.05) is 36.9 Å². The molecule has 0 saturated heterocycles. The molecular formula is C14H18N2O. The van der Waals surface area contributed by atoms with Gasteiger partial charge in [-0.3, -0.25) is 4.79 Å². The molecule has 1 aliphatic rings. The number of fused-ring (bicyclic) bond motifs is 1. The highest BCUT2D eigenvalue weighted by Crippen LogP contribution is 2.39. The second-order valence-corrected chi connectivity index (χ2v) is 5.11. The number of carbonyl (C=O) groups is 1. The van der Waals surface area contributed by atoms with Crippen molar-refractivity contribution in [2.75, 3.05) is 10.6 Å². The van der Waals surface area contributed by atoms with E-state index in [9.17, 15) is 4.79 Å². The molecule has 3 heteroatoms. The monoisotopic (exact) mass is 230 g/mol. The van der Waals surface area contributed by atoms with Crippen LogP contribution in [-0.4, -0.2) is 11.4 Å². The van der Waals surface area contributed by atoms with E-state index in [4.69, 9.17) is 5.73 Å². The average Bonchev–Trinajstić information content (AvgIpc) is 2.17. The first-order valence-corrected chi connectivity index (χ1v) is 5.73. The summed E-state index contributed by atoms with van der Waals surface area (Å²) in [6.07, 6.45) is 2.11. The molecule has 17 heavy (non-hydrogen) atoms. The van der Waals surface area contributed by atoms with Crippen LogP contribution in [0.2, 0.25) is 0 Å². The summed E-state index contributed by atoms with van der Waals surface area (Å²) in [6.45, 7) is 7.72. The maximum atomic E-state index is 11.8. The van der Waals surface area contributed by atoms with Crippen LogP contribution >= 0.6 is 0 Å². The SMILES string of the molecule is CC(=O)N1c2ccc(N)cc2C(C)=CC1(C)C. The van der Waals surface area contributed by atoms with Crippen molar-refractivity contribution >= 4 is 22.9 Å². The van der Waals surface area contributed by atoms with Crippen LogP contribution in [0.15, 0.2) is 24.3 Å². The van der Waals surface area contributed by atoms with Gasteiger partial charge >= 0.3 is 0 Å². The van der Waals surface area contributed by atoms with Gasteiger partial charge in [0, 0.05) is 18.2 Å². The zero-order valence-electron chi connectivity index (χ0n) is 10.7. The molecule has 2 N–H and O–H groups in total. The van der Waals surface area contributed by atoms with Gasteiger partial charge in [-0.25, -0.2) is 0 Å². The molecule has 1 amide bonds. The summed E-state index contributed by atoms with van der Waals surface area (Å²) >= 11 is 0. The Balaban J connectivity index is 2.69. The number of hydrogen-bond acceptors (Lipinski definition) is 2. The number of allylic oxidation sites excluding steroid dienone is 1. The van der Waals surface area contributed by atoms with Gasteiger partial charge in [0.15, 0.2) is 0 Å². The molecule has 0 unspecified atom stereocenters. The van der Waals surface area contributed by atoms with E-state index >= 15 is 0 Å². The normalized spacial score (nSPS) is 17.4. The number of nitrogens with zero attached hydrogens (tertiary/aromatic N) is 1. The molecule has 0 saturated carbocycles. The van der Waals surface area contributed by atoms with E-state index in [0.29, 0.717) is 0 Å². The number of amides is 1. The fourth-order valence-corrected chi connectivity index (χ4v) is 2.62. The number of benzene rings is 1. The molecule has 2 rings (SSSR count). The van der Waals surface area contributed by atoms with Gasteiger partial charge in [0.1, 0.15) is 0 Å². The minimum Gasteiger partial charge on any atom is -0.399 e. The summed E-state index contributed by atoms with van der Waals surface area (Å²) in [7, 11) is 0. The Kier molecular flexibility index (Phi) is 2.49. The van der Waals surface area contributed by atoms with Gasteiger partial charge in [-0.1, -0.05) is 6.08 Å². The molecule has 0 spiro atoms. The molecular weight excluding hydrogens is 212 g/mol. The van der Waals surface area contributed by atoms with Crippen LogP contribution in [0.5, 0.6) is 0 Å². The smallest absolute Gasteiger partial charge is 0.224 e. The molecule has 3 nitrogen and oxygen atoms in total. The zero-order chi connectivity index (χ0) is 12.8. The second kappa shape index (κ2) is 3.62. The third-order valence-corrected chi connectivity index (χ3v) is 3.15. The predicted molar refractivity (Wildman–Crippen MR) is 71.7 cm³/mol. The van der Waals surface area contributed by atoms with E-state index in [1.165, 1.54) is 0 Å². The highest BCUT2D eigenvalue weighted by atomic mass is 16.2. The summed E-state index contributed by atoms with van der Waals surface area (Å²) < 4.78 is 0. The van der Waals surface area contributed by atoms with E-state index in [0.717, 1.165) is 22.5 Å². The van der Waals surface area contributed by atoms with Gasteiger partial charge in [-0.2, -0.15) is 0 Å². The van der Waals surface area contributed by atoms with Crippen molar-refractivity contribution in [2.24, 2.45) is 0 Å². The zero-order valence-corrected chi connectivity index (χ0v) is 10.7. The molecule has 0 fully saturated rings. The number of anilines is 2. The Morgan fingerprint density at radius 3 is 2.59 bits per heavy atom. The van der Waals surface area contributed by atoms with Gasteiger partial charge in [-0.15, -0.1) is 0 Å². The molecule has 1 aromatic rings. The first-order chi connectivity index (χ1) is 7.83. The van der Waals surface area contributed by atoms with Gasteiger partial charge < -0.3 is 10.6 Å². The van der Waals surface area contributed by atoms with Crippen LogP contribution in [0, 0.1) is 0 Å². The van der Waals surface area contributed by atoms with Gasteiger partial charge in [0.25, 0.3) is 0 Å². The fraction of sp³-hybridized carbons (Fsp3) is 0.357. The maximum absolute atomic E-state index is 11.8. The van der Waals surface area contributed by atoms with Crippen LogP contribution in [0.1, 0.15) is 33.3 Å². The van der Waals surface area contributed by atoms with E-state index < -0.39 is 0 Å². The largest absolute Gasteiger partial charge is 0.399 e. The van der Waals surface area contributed by atoms with Crippen molar-refractivity contribution in [3.05, 3.63) is 29.8 Å². The topological polar surface area (TPSA) is 46.3 Å². The van der Waals surface area contributed by atoms with Crippen molar-refractivity contribution < 1.29 is 4.79 Å². The van der Waals surface area contributed by atoms with E-state index in [-0.39, 0.29) is 11.4 Å². The van der Waals surface area contributed by atoms with Crippen molar-refractivity contribution in [3.63, 3.8) is 0 Å². The van der Waals surface area contributed by atoms with Crippen molar-refractivity contribution in [3.8, 4) is 0 Å². The Bertz CT molecular complexity index is 515. The third kappa shape index (κ3) is 1.82. The summed E-state index contributed by atoms with van der Waals surface area (Å²) in [5, 5.41) is 0. The Hall–Kier alpha value is -1.77. The summed E-state index contributed by atoms with van der Waals surface area (Å²) in [4.78, 5) is 13.6. The lowest BCUT2D eigenvalue weighted by molar-refractivity contribution is -0.117. The van der Waals surface area contributed by atoms with Gasteiger partial charge in [-0.05, 0) is 44.5 Å². The van der Waals surface area contributed by atoms with Gasteiger partial charge in [0.2, 0.25) is 5.91 Å². The van der Waals surface area contributed by atoms with Crippen LogP contribution in [0.3, 0.4) is 0 Å². The molecule has 1 heterocycles. The second-order valence-electron chi connectivity index (χ2n) is 5.11. The van der Waals surface area contributed by atoms with Crippen LogP contribution < -0.4 is 10.6 Å². The number of rotatable bonds is 0. The maximum Gasteiger partial charge on any atom is 0.224 e. The number of nitrogen functional groups attached to an aromatic ring is 1. The quantitative estimate of drug-likeness (QED) is 0.697. The number of hydrogen-bond donors (Lipinski definition) is 1. The van der Waals surface area contributed by atoms with Crippen molar-refractivity contribution in [1.29, 1.82) is 0 Å². The number of nitrogens with two attached hydrogens (primary N) is 1. The predicted octanol–water partition coefficient (Wildman–Crippen LogP) is 2.82. The van der Waals surface area contributed by atoms with E-state index in [1.54, 1.807) is 6.92 Å². The molecule has 1 aromatic carbocycles. The Labute approximate surface area is 102 Å². The third-order valence-electron chi connectivity index (χ3n) is 3.15. The molecule has 1 aliphatic heterocycles. The lowest BCUT2D eigenvalue weighted by Gasteiger charge is -2.41. The van der Waals surface area contributed by atoms with E-state index in [2.05, 4.69) is 13.0 Å². The van der Waals surface area contributed by atoms with Crippen LogP contribution in [0.4, 0.5) is 11.4 Å². The molecule has 0 bridgehead atoms. The summed E-state index contributed by atoms with van der Waals surface area (Å²) in [6, 6.07) is 5.68. The molecule has 0 aromatic heterocycles. The number of carbonyl (C=O) groups excluding carboxylic acids is 1. The van der Waals surface area contributed by atoms with Crippen LogP contribution in [-0.2, 0) is 4.79 Å². The van der Waals surface area contributed by atoms with Crippen molar-refractivity contribution in [1.82, 2.24) is 0 Å². The van der Waals surface area contributed by atoms with Gasteiger partial charge in [0.05, 0.1) is 11.2 Å². The lowest BCUT2D eigenvalue weighted by atomic mass is 9.88. The lowest BCUT2D eigenvalue weighted by Crippen LogP contribution is -2.47. The molecule has 90 valence electrons. The minimum atomic E-state index is -0.293. The first kappa shape index (κ1) is 11.7. The standard InChI is InChI=1S/C14H18N2O/c1-9-8-14(3,4)16(10(2)17)13-6-5-11(15)7-12(9)13/h5-8H,15H2,1-4H3. The van der Waals surface area contributed by atoms with Crippen LogP contribution in [0.25, 0.3) is 5.57 Å². The molecule has 0 atom stereocenters. The summed E-state index contributed by atoms with van der Waals surface area (Å²) in [5.74, 6) is 0.0461. The fourth-order valence-electron chi connectivity index (χ4n) is 2.62. The minimum absolute atomic E-state index is 0.0461. The summed E-state index contributed by atoms with van der Waals surface area (Å²) in [5.41, 5.74) is 9.38. The molecule has 0 aliphatic carbocycles. The van der Waals surface area contributed by atoms with Crippen molar-refractivity contribution in [2.45, 2.75) is 33.2 Å². The highest BCUT2D eigenvalue weighted by Gasteiger charge is 2.33. The first-order valence-electron chi connectivity index (χ1n) is 5.73.